The largest absolute Gasteiger partial charge is 0.253 e. The van der Waals surface area contributed by atoms with Crippen LogP contribution in [0.25, 0.3) is 10.9 Å². The molecule has 3 heteroatoms. The smallest absolute Gasteiger partial charge is 0.149 e. The molecule has 2 rings (SSSR count). The van der Waals surface area contributed by atoms with Gasteiger partial charge in [-0.1, -0.05) is 15.9 Å². The van der Waals surface area contributed by atoms with Crippen molar-refractivity contribution in [3.05, 3.63) is 40.2 Å². The molecular formula is C10H7BrFN. The minimum absolute atomic E-state index is 0.276. The molecule has 0 atom stereocenters. The molecule has 0 aliphatic heterocycles. The molecule has 66 valence electrons. The number of nitrogens with zero attached hydrogens (tertiary/aromatic N) is 1. The molecule has 0 saturated carbocycles. The second kappa shape index (κ2) is 3.07. The van der Waals surface area contributed by atoms with Gasteiger partial charge < -0.3 is 0 Å². The van der Waals surface area contributed by atoms with Crippen LogP contribution in [0.2, 0.25) is 0 Å². The highest BCUT2D eigenvalue weighted by atomic mass is 79.9. The standard InChI is InChI=1S/C10H7BrFN/c1-6-4-5-13-10-8(12)3-2-7(11)9(6)10/h2-5H,1H3. The molecule has 0 amide bonds. The van der Waals surface area contributed by atoms with Gasteiger partial charge in [0.25, 0.3) is 0 Å². The Labute approximate surface area is 83.7 Å². The maximum atomic E-state index is 13.3. The zero-order valence-corrected chi connectivity index (χ0v) is 8.60. The summed E-state index contributed by atoms with van der Waals surface area (Å²) in [7, 11) is 0. The van der Waals surface area contributed by atoms with E-state index >= 15 is 0 Å². The lowest BCUT2D eigenvalue weighted by atomic mass is 10.1. The highest BCUT2D eigenvalue weighted by Gasteiger charge is 2.06. The third-order valence-corrected chi connectivity index (χ3v) is 2.66. The molecule has 13 heavy (non-hydrogen) atoms. The van der Waals surface area contributed by atoms with Crippen molar-refractivity contribution in [1.82, 2.24) is 4.98 Å². The van der Waals surface area contributed by atoms with Gasteiger partial charge >= 0.3 is 0 Å². The zero-order chi connectivity index (χ0) is 9.42. The summed E-state index contributed by atoms with van der Waals surface area (Å²) in [4.78, 5) is 4.00. The van der Waals surface area contributed by atoms with E-state index in [1.165, 1.54) is 6.07 Å². The van der Waals surface area contributed by atoms with Crippen LogP contribution in [0.5, 0.6) is 0 Å². The maximum absolute atomic E-state index is 13.3. The Balaban J connectivity index is 3.00. The monoisotopic (exact) mass is 239 g/mol. The molecule has 0 aliphatic carbocycles. The predicted molar refractivity (Wildman–Crippen MR) is 54.1 cm³/mol. The third kappa shape index (κ3) is 1.33. The Bertz CT molecular complexity index is 459. The van der Waals surface area contributed by atoms with Gasteiger partial charge in [0.1, 0.15) is 11.3 Å². The summed E-state index contributed by atoms with van der Waals surface area (Å²) in [5, 5.41) is 0.850. The normalized spacial score (nSPS) is 10.7. The van der Waals surface area contributed by atoms with Gasteiger partial charge in [-0.3, -0.25) is 4.98 Å². The topological polar surface area (TPSA) is 12.9 Å². The summed E-state index contributed by atoms with van der Waals surface area (Å²) >= 11 is 3.38. The average Bonchev–Trinajstić information content (AvgIpc) is 2.12. The fourth-order valence-electron chi connectivity index (χ4n) is 1.35. The highest BCUT2D eigenvalue weighted by Crippen LogP contribution is 2.26. The summed E-state index contributed by atoms with van der Waals surface area (Å²) < 4.78 is 14.1. The van der Waals surface area contributed by atoms with Crippen molar-refractivity contribution in [2.45, 2.75) is 6.92 Å². The van der Waals surface area contributed by atoms with E-state index in [-0.39, 0.29) is 5.82 Å². The van der Waals surface area contributed by atoms with Crippen LogP contribution >= 0.6 is 15.9 Å². The summed E-state index contributed by atoms with van der Waals surface area (Å²) in [6, 6.07) is 4.98. The Morgan fingerprint density at radius 2 is 2.08 bits per heavy atom. The average molecular weight is 240 g/mol. The quantitative estimate of drug-likeness (QED) is 0.687. The second-order valence-electron chi connectivity index (χ2n) is 2.88. The van der Waals surface area contributed by atoms with Crippen molar-refractivity contribution in [3.8, 4) is 0 Å². The summed E-state index contributed by atoms with van der Waals surface area (Å²) in [5.74, 6) is -0.276. The molecule has 1 aromatic carbocycles. The molecule has 0 spiro atoms. The minimum atomic E-state index is -0.276. The zero-order valence-electron chi connectivity index (χ0n) is 7.01. The molecule has 1 heterocycles. The first-order valence-corrected chi connectivity index (χ1v) is 4.69. The van der Waals surface area contributed by atoms with Gasteiger partial charge in [0.2, 0.25) is 0 Å². The molecular weight excluding hydrogens is 233 g/mol. The number of pyridine rings is 1. The van der Waals surface area contributed by atoms with E-state index in [1.54, 1.807) is 12.3 Å². The van der Waals surface area contributed by atoms with Crippen molar-refractivity contribution in [2.75, 3.05) is 0 Å². The summed E-state index contributed by atoms with van der Waals surface area (Å²) in [6.45, 7) is 1.94. The summed E-state index contributed by atoms with van der Waals surface area (Å²) in [5.41, 5.74) is 1.45. The first-order valence-electron chi connectivity index (χ1n) is 3.89. The van der Waals surface area contributed by atoms with Crippen LogP contribution in [-0.4, -0.2) is 4.98 Å². The Morgan fingerprint density at radius 3 is 2.77 bits per heavy atom. The lowest BCUT2D eigenvalue weighted by molar-refractivity contribution is 0.636. The van der Waals surface area contributed by atoms with E-state index in [2.05, 4.69) is 20.9 Å². The molecule has 0 N–H and O–H groups in total. The van der Waals surface area contributed by atoms with Gasteiger partial charge in [-0.05, 0) is 30.7 Å². The van der Waals surface area contributed by atoms with Crippen LogP contribution in [0.4, 0.5) is 4.39 Å². The second-order valence-corrected chi connectivity index (χ2v) is 3.74. The number of hydrogen-bond donors (Lipinski definition) is 0. The lowest BCUT2D eigenvalue weighted by Gasteiger charge is -2.03. The van der Waals surface area contributed by atoms with Gasteiger partial charge in [0.15, 0.2) is 0 Å². The van der Waals surface area contributed by atoms with Crippen molar-refractivity contribution < 1.29 is 4.39 Å². The number of aryl methyl sites for hydroxylation is 1. The number of rotatable bonds is 0. The first kappa shape index (κ1) is 8.63. The van der Waals surface area contributed by atoms with E-state index in [4.69, 9.17) is 0 Å². The molecule has 0 fully saturated rings. The summed E-state index contributed by atoms with van der Waals surface area (Å²) in [6.07, 6.45) is 1.62. The Kier molecular flexibility index (Phi) is 2.04. The molecule has 0 saturated heterocycles. The van der Waals surface area contributed by atoms with Crippen molar-refractivity contribution >= 4 is 26.8 Å². The van der Waals surface area contributed by atoms with Gasteiger partial charge in [-0.2, -0.15) is 0 Å². The molecule has 2 aromatic rings. The highest BCUT2D eigenvalue weighted by molar-refractivity contribution is 9.10. The lowest BCUT2D eigenvalue weighted by Crippen LogP contribution is -1.87. The molecule has 0 unspecified atom stereocenters. The molecule has 1 nitrogen and oxygen atoms in total. The first-order chi connectivity index (χ1) is 6.20. The van der Waals surface area contributed by atoms with Crippen LogP contribution in [0.15, 0.2) is 28.9 Å². The fourth-order valence-corrected chi connectivity index (χ4v) is 1.98. The van der Waals surface area contributed by atoms with Crippen molar-refractivity contribution in [3.63, 3.8) is 0 Å². The number of aromatic nitrogens is 1. The number of halogens is 2. The molecule has 0 aliphatic rings. The van der Waals surface area contributed by atoms with Gasteiger partial charge in [0, 0.05) is 16.1 Å². The van der Waals surface area contributed by atoms with Gasteiger partial charge in [-0.25, -0.2) is 4.39 Å². The van der Waals surface area contributed by atoms with Crippen LogP contribution in [0, 0.1) is 12.7 Å². The third-order valence-electron chi connectivity index (χ3n) is 2.00. The number of fused-ring (bicyclic) bond motifs is 1. The number of benzene rings is 1. The minimum Gasteiger partial charge on any atom is -0.253 e. The van der Waals surface area contributed by atoms with E-state index in [1.807, 2.05) is 13.0 Å². The number of hydrogen-bond acceptors (Lipinski definition) is 1. The van der Waals surface area contributed by atoms with Gasteiger partial charge in [-0.15, -0.1) is 0 Å². The van der Waals surface area contributed by atoms with Crippen LogP contribution in [0.3, 0.4) is 0 Å². The maximum Gasteiger partial charge on any atom is 0.149 e. The van der Waals surface area contributed by atoms with Gasteiger partial charge in [0.05, 0.1) is 0 Å². The molecule has 0 bridgehead atoms. The molecule has 1 aromatic heterocycles. The van der Waals surface area contributed by atoms with E-state index < -0.39 is 0 Å². The fraction of sp³-hybridized carbons (Fsp3) is 0.100. The van der Waals surface area contributed by atoms with Crippen molar-refractivity contribution in [1.29, 1.82) is 0 Å². The van der Waals surface area contributed by atoms with Crippen LogP contribution < -0.4 is 0 Å². The Morgan fingerprint density at radius 1 is 1.31 bits per heavy atom. The van der Waals surface area contributed by atoms with E-state index in [0.717, 1.165) is 15.4 Å². The van der Waals surface area contributed by atoms with E-state index in [0.29, 0.717) is 5.52 Å². The van der Waals surface area contributed by atoms with E-state index in [9.17, 15) is 4.39 Å². The van der Waals surface area contributed by atoms with Crippen molar-refractivity contribution in [2.24, 2.45) is 0 Å². The molecule has 0 radical (unpaired) electrons. The van der Waals surface area contributed by atoms with Crippen LogP contribution in [-0.2, 0) is 0 Å². The van der Waals surface area contributed by atoms with Crippen LogP contribution in [0.1, 0.15) is 5.56 Å². The SMILES string of the molecule is Cc1ccnc2c(F)ccc(Br)c12. The predicted octanol–water partition coefficient (Wildman–Crippen LogP) is 3.44. The Hall–Kier alpha value is -0.960.